The molecule has 0 aromatic carbocycles. The zero-order chi connectivity index (χ0) is 23.4. The summed E-state index contributed by atoms with van der Waals surface area (Å²) in [4.78, 5) is 59.5. The van der Waals surface area contributed by atoms with E-state index < -0.39 is 53.8 Å². The Kier molecular flexibility index (Phi) is 12.7. The number of carbonyl (C=O) groups excluding carboxylic acids is 4. The first-order valence-corrected chi connectivity index (χ1v) is 11.0. The zero-order valence-corrected chi connectivity index (χ0v) is 18.6. The minimum absolute atomic E-state index is 0.0693. The third-order valence-electron chi connectivity index (χ3n) is 4.26. The van der Waals surface area contributed by atoms with Crippen LogP contribution in [0.25, 0.3) is 0 Å². The first-order chi connectivity index (χ1) is 13.9. The first-order valence-electron chi connectivity index (χ1n) is 9.57. The van der Waals surface area contributed by atoms with E-state index in [0.29, 0.717) is 12.2 Å². The summed E-state index contributed by atoms with van der Waals surface area (Å²) in [6.45, 7) is 4.64. The molecule has 0 aliphatic rings. The lowest BCUT2D eigenvalue weighted by molar-refractivity contribution is -0.142. The normalized spacial score (nSPS) is 14.9. The number of carboxylic acid groups (broad SMARTS) is 1. The maximum atomic E-state index is 12.7. The maximum Gasteiger partial charge on any atom is 0.325 e. The Morgan fingerprint density at radius 2 is 1.53 bits per heavy atom. The standard InChI is InChI=1S/C18H33N5O6S/c1-9(2)14(17(27)21-10(3)18(28)29)23-16(26)12(5-6-13(20)24)22-15(25)11(19)7-8-30-4/h9-12,14H,5-8,19H2,1-4H3,(H2,20,24)(H,21,27)(H,22,25)(H,23,26)(H,28,29). The highest BCUT2D eigenvalue weighted by Crippen LogP contribution is 2.06. The van der Waals surface area contributed by atoms with Gasteiger partial charge in [-0.2, -0.15) is 11.8 Å². The van der Waals surface area contributed by atoms with E-state index in [1.165, 1.54) is 18.7 Å². The van der Waals surface area contributed by atoms with Crippen molar-refractivity contribution in [3.63, 3.8) is 0 Å². The summed E-state index contributed by atoms with van der Waals surface area (Å²) in [6, 6.07) is -4.15. The van der Waals surface area contributed by atoms with Gasteiger partial charge in [0, 0.05) is 6.42 Å². The van der Waals surface area contributed by atoms with Crippen LogP contribution >= 0.6 is 11.8 Å². The molecule has 0 fully saturated rings. The van der Waals surface area contributed by atoms with E-state index in [9.17, 15) is 24.0 Å². The molecule has 0 heterocycles. The molecule has 0 bridgehead atoms. The van der Waals surface area contributed by atoms with Crippen molar-refractivity contribution < 1.29 is 29.1 Å². The molecule has 4 unspecified atom stereocenters. The van der Waals surface area contributed by atoms with Crippen molar-refractivity contribution in [2.24, 2.45) is 17.4 Å². The number of rotatable bonds is 14. The van der Waals surface area contributed by atoms with Crippen LogP contribution in [-0.4, -0.2) is 70.9 Å². The second-order valence-corrected chi connectivity index (χ2v) is 8.24. The molecule has 0 rings (SSSR count). The highest BCUT2D eigenvalue weighted by atomic mass is 32.2. The smallest absolute Gasteiger partial charge is 0.325 e. The second-order valence-electron chi connectivity index (χ2n) is 7.25. The van der Waals surface area contributed by atoms with Crippen molar-refractivity contribution in [1.29, 1.82) is 0 Å². The average Bonchev–Trinajstić information content (AvgIpc) is 2.65. The third-order valence-corrected chi connectivity index (χ3v) is 4.90. The molecule has 0 aliphatic heterocycles. The predicted molar refractivity (Wildman–Crippen MR) is 113 cm³/mol. The van der Waals surface area contributed by atoms with E-state index in [1.54, 1.807) is 13.8 Å². The number of nitrogens with two attached hydrogens (primary N) is 2. The second kappa shape index (κ2) is 13.8. The number of carboxylic acids is 1. The highest BCUT2D eigenvalue weighted by molar-refractivity contribution is 7.98. The third kappa shape index (κ3) is 10.4. The Bertz CT molecular complexity index is 630. The molecule has 8 N–H and O–H groups in total. The molecule has 0 saturated carbocycles. The molecule has 0 saturated heterocycles. The van der Waals surface area contributed by atoms with Crippen LogP contribution in [-0.2, 0) is 24.0 Å². The van der Waals surface area contributed by atoms with Gasteiger partial charge in [0.1, 0.15) is 18.1 Å². The predicted octanol–water partition coefficient (Wildman–Crippen LogP) is -1.45. The minimum Gasteiger partial charge on any atom is -0.480 e. The fourth-order valence-electron chi connectivity index (χ4n) is 2.36. The fourth-order valence-corrected chi connectivity index (χ4v) is 2.85. The lowest BCUT2D eigenvalue weighted by Crippen LogP contribution is -2.58. The molecule has 4 atom stereocenters. The van der Waals surface area contributed by atoms with Crippen molar-refractivity contribution >= 4 is 41.4 Å². The molecular weight excluding hydrogens is 414 g/mol. The molecule has 11 nitrogen and oxygen atoms in total. The number of nitrogens with one attached hydrogen (secondary N) is 3. The van der Waals surface area contributed by atoms with Gasteiger partial charge < -0.3 is 32.5 Å². The summed E-state index contributed by atoms with van der Waals surface area (Å²) in [7, 11) is 0. The van der Waals surface area contributed by atoms with Crippen LogP contribution in [0, 0.1) is 5.92 Å². The number of thioether (sulfide) groups is 1. The molecule has 0 aromatic heterocycles. The van der Waals surface area contributed by atoms with Crippen LogP contribution < -0.4 is 27.4 Å². The van der Waals surface area contributed by atoms with Gasteiger partial charge >= 0.3 is 5.97 Å². The summed E-state index contributed by atoms with van der Waals surface area (Å²) >= 11 is 1.52. The van der Waals surface area contributed by atoms with Crippen LogP contribution in [0.2, 0.25) is 0 Å². The summed E-state index contributed by atoms with van der Waals surface area (Å²) < 4.78 is 0. The van der Waals surface area contributed by atoms with Gasteiger partial charge in [-0.25, -0.2) is 0 Å². The number of aliphatic carboxylic acids is 1. The number of primary amides is 1. The molecule has 0 aromatic rings. The monoisotopic (exact) mass is 447 g/mol. The summed E-state index contributed by atoms with van der Waals surface area (Å²) in [5, 5.41) is 16.3. The molecular formula is C18H33N5O6S. The van der Waals surface area contributed by atoms with E-state index >= 15 is 0 Å². The largest absolute Gasteiger partial charge is 0.480 e. The molecule has 0 aliphatic carbocycles. The lowest BCUT2D eigenvalue weighted by Gasteiger charge is -2.26. The van der Waals surface area contributed by atoms with Crippen molar-refractivity contribution in [1.82, 2.24) is 16.0 Å². The van der Waals surface area contributed by atoms with Gasteiger partial charge in [0.2, 0.25) is 23.6 Å². The van der Waals surface area contributed by atoms with E-state index in [2.05, 4.69) is 16.0 Å². The summed E-state index contributed by atoms with van der Waals surface area (Å²) in [5.41, 5.74) is 11.0. The number of carbonyl (C=O) groups is 5. The van der Waals surface area contributed by atoms with Crippen LogP contribution in [0.1, 0.15) is 40.0 Å². The number of hydrogen-bond donors (Lipinski definition) is 6. The highest BCUT2D eigenvalue weighted by Gasteiger charge is 2.31. The van der Waals surface area contributed by atoms with Gasteiger partial charge in [0.25, 0.3) is 0 Å². The summed E-state index contributed by atoms with van der Waals surface area (Å²) in [6.07, 6.45) is 2.05. The molecule has 0 spiro atoms. The van der Waals surface area contributed by atoms with Crippen LogP contribution in [0.5, 0.6) is 0 Å². The first kappa shape index (κ1) is 27.7. The van der Waals surface area contributed by atoms with Crippen LogP contribution in [0.15, 0.2) is 0 Å². The average molecular weight is 448 g/mol. The van der Waals surface area contributed by atoms with E-state index in [4.69, 9.17) is 16.6 Å². The number of amides is 4. The van der Waals surface area contributed by atoms with Gasteiger partial charge in [-0.05, 0) is 37.7 Å². The van der Waals surface area contributed by atoms with E-state index in [-0.39, 0.29) is 18.8 Å². The molecule has 12 heteroatoms. The Morgan fingerprint density at radius 3 is 2.00 bits per heavy atom. The van der Waals surface area contributed by atoms with Gasteiger partial charge in [-0.15, -0.1) is 0 Å². The maximum absolute atomic E-state index is 12.7. The van der Waals surface area contributed by atoms with Crippen molar-refractivity contribution in [2.75, 3.05) is 12.0 Å². The Labute approximate surface area is 180 Å². The van der Waals surface area contributed by atoms with Crippen molar-refractivity contribution in [3.05, 3.63) is 0 Å². The number of hydrogen-bond acceptors (Lipinski definition) is 7. The SMILES string of the molecule is CSCCC(N)C(=O)NC(CCC(N)=O)C(=O)NC(C(=O)NC(C)C(=O)O)C(C)C. The van der Waals surface area contributed by atoms with Gasteiger partial charge in [0.15, 0.2) is 0 Å². The Morgan fingerprint density at radius 1 is 0.933 bits per heavy atom. The van der Waals surface area contributed by atoms with Crippen molar-refractivity contribution in [3.8, 4) is 0 Å². The van der Waals surface area contributed by atoms with Gasteiger partial charge in [0.05, 0.1) is 6.04 Å². The zero-order valence-electron chi connectivity index (χ0n) is 17.8. The Hall–Kier alpha value is -2.34. The topological polar surface area (TPSA) is 194 Å². The van der Waals surface area contributed by atoms with E-state index in [1.807, 2.05) is 6.26 Å². The van der Waals surface area contributed by atoms with E-state index in [0.717, 1.165) is 0 Å². The van der Waals surface area contributed by atoms with Crippen LogP contribution in [0.3, 0.4) is 0 Å². The minimum atomic E-state index is -1.22. The van der Waals surface area contributed by atoms with Crippen LogP contribution in [0.4, 0.5) is 0 Å². The van der Waals surface area contributed by atoms with Gasteiger partial charge in [-0.3, -0.25) is 24.0 Å². The quantitative estimate of drug-likeness (QED) is 0.186. The molecule has 0 radical (unpaired) electrons. The lowest BCUT2D eigenvalue weighted by atomic mass is 10.0. The Balaban J connectivity index is 5.29. The van der Waals surface area contributed by atoms with Crippen molar-refractivity contribution in [2.45, 2.75) is 64.2 Å². The summed E-state index contributed by atoms with van der Waals surface area (Å²) in [5.74, 6) is -3.51. The fraction of sp³-hybridized carbons (Fsp3) is 0.722. The molecule has 172 valence electrons. The molecule has 4 amide bonds. The molecule has 30 heavy (non-hydrogen) atoms. The van der Waals surface area contributed by atoms with Gasteiger partial charge in [-0.1, -0.05) is 13.8 Å².